The fourth-order valence-electron chi connectivity index (χ4n) is 4.23. The van der Waals surface area contributed by atoms with Crippen molar-refractivity contribution in [2.24, 2.45) is 7.05 Å². The summed E-state index contributed by atoms with van der Waals surface area (Å²) in [6, 6.07) is 13.3. The van der Waals surface area contributed by atoms with Crippen LogP contribution < -0.4 is 9.46 Å². The van der Waals surface area contributed by atoms with Crippen molar-refractivity contribution in [1.82, 2.24) is 9.78 Å². The molecule has 0 saturated carbocycles. The van der Waals surface area contributed by atoms with E-state index in [1.165, 1.54) is 11.3 Å². The van der Waals surface area contributed by atoms with E-state index in [0.29, 0.717) is 34.4 Å². The van der Waals surface area contributed by atoms with Gasteiger partial charge in [-0.2, -0.15) is 5.10 Å². The molecule has 1 aliphatic rings. The summed E-state index contributed by atoms with van der Waals surface area (Å²) < 4.78 is 41.3. The Hall–Kier alpha value is -3.63. The number of rotatable bonds is 7. The van der Waals surface area contributed by atoms with Gasteiger partial charge in [0, 0.05) is 12.7 Å². The number of fused-ring (bicyclic) bond motifs is 3. The monoisotopic (exact) mass is 523 g/mol. The predicted molar refractivity (Wildman–Crippen MR) is 138 cm³/mol. The molecule has 1 N–H and O–H groups in total. The van der Waals surface area contributed by atoms with Crippen molar-refractivity contribution in [3.05, 3.63) is 76.3 Å². The summed E-state index contributed by atoms with van der Waals surface area (Å²) in [5, 5.41) is 4.97. The number of hydrogen-bond acceptors (Lipinski definition) is 7. The molecule has 4 aromatic rings. The Balaban J connectivity index is 1.43. The molecule has 8 nitrogen and oxygen atoms in total. The maximum atomic E-state index is 12.7. The quantitative estimate of drug-likeness (QED) is 0.329. The topological polar surface area (TPSA) is 99.5 Å². The van der Waals surface area contributed by atoms with Gasteiger partial charge in [0.1, 0.15) is 10.6 Å². The third kappa shape index (κ3) is 4.49. The molecule has 0 spiro atoms. The second-order valence-corrected chi connectivity index (χ2v) is 11.1. The lowest BCUT2D eigenvalue weighted by atomic mass is 9.91. The molecular formula is C26H25N3O5S2. The molecule has 0 bridgehead atoms. The summed E-state index contributed by atoms with van der Waals surface area (Å²) in [4.78, 5) is 13.4. The number of nitrogens with one attached hydrogen (secondary N) is 1. The van der Waals surface area contributed by atoms with Crippen molar-refractivity contribution >= 4 is 33.0 Å². The van der Waals surface area contributed by atoms with E-state index in [-0.39, 0.29) is 10.9 Å². The van der Waals surface area contributed by atoms with Crippen molar-refractivity contribution < 1.29 is 22.7 Å². The number of hydrogen-bond donors (Lipinski definition) is 1. The Bertz CT molecular complexity index is 1540. The maximum absolute atomic E-state index is 12.7. The second-order valence-electron chi connectivity index (χ2n) is 8.48. The Labute approximate surface area is 213 Å². The molecule has 2 heterocycles. The number of nitrogens with zero attached hydrogens (tertiary/aromatic N) is 2. The average Bonchev–Trinajstić information content (AvgIpc) is 3.41. The molecule has 5 rings (SSSR count). The molecule has 0 atom stereocenters. The van der Waals surface area contributed by atoms with Crippen molar-refractivity contribution in [2.45, 2.75) is 31.6 Å². The number of benzene rings is 2. The van der Waals surface area contributed by atoms with E-state index < -0.39 is 10.0 Å². The first-order chi connectivity index (χ1) is 17.3. The van der Waals surface area contributed by atoms with Gasteiger partial charge < -0.3 is 9.47 Å². The molecule has 36 heavy (non-hydrogen) atoms. The lowest BCUT2D eigenvalue weighted by molar-refractivity contribution is 0.0531. The molecule has 0 radical (unpaired) electrons. The highest BCUT2D eigenvalue weighted by Gasteiger charge is 2.32. The van der Waals surface area contributed by atoms with Crippen LogP contribution >= 0.6 is 11.3 Å². The van der Waals surface area contributed by atoms with Gasteiger partial charge >= 0.3 is 5.97 Å². The number of thiophene rings is 1. The van der Waals surface area contributed by atoms with Gasteiger partial charge in [0.2, 0.25) is 0 Å². The van der Waals surface area contributed by atoms with Crippen LogP contribution in [0, 0.1) is 6.92 Å². The van der Waals surface area contributed by atoms with E-state index in [9.17, 15) is 13.2 Å². The fourth-order valence-corrected chi connectivity index (χ4v) is 6.40. The van der Waals surface area contributed by atoms with Gasteiger partial charge in [-0.3, -0.25) is 9.40 Å². The van der Waals surface area contributed by atoms with E-state index in [4.69, 9.17) is 9.47 Å². The Morgan fingerprint density at radius 2 is 1.83 bits per heavy atom. The highest BCUT2D eigenvalue weighted by atomic mass is 32.2. The van der Waals surface area contributed by atoms with Gasteiger partial charge in [0.25, 0.3) is 10.0 Å². The van der Waals surface area contributed by atoms with Crippen molar-refractivity contribution in [1.29, 1.82) is 0 Å². The van der Waals surface area contributed by atoms with Gasteiger partial charge in [0.05, 0.1) is 29.0 Å². The number of aryl methyl sites for hydroxylation is 3. The van der Waals surface area contributed by atoms with Crippen LogP contribution in [-0.2, 0) is 34.6 Å². The number of sulfonamides is 1. The minimum absolute atomic E-state index is 0.192. The summed E-state index contributed by atoms with van der Waals surface area (Å²) in [6.45, 7) is 3.97. The Morgan fingerprint density at radius 1 is 1.11 bits per heavy atom. The predicted octanol–water partition coefficient (Wildman–Crippen LogP) is 5.33. The molecule has 0 fully saturated rings. The zero-order chi connectivity index (χ0) is 25.4. The second kappa shape index (κ2) is 9.44. The molecule has 0 aliphatic heterocycles. The van der Waals surface area contributed by atoms with Crippen molar-refractivity contribution in [3.63, 3.8) is 0 Å². The average molecular weight is 524 g/mol. The molecule has 10 heteroatoms. The van der Waals surface area contributed by atoms with Crippen LogP contribution in [0.3, 0.4) is 0 Å². The first-order valence-electron chi connectivity index (χ1n) is 11.5. The Kier molecular flexibility index (Phi) is 6.31. The lowest BCUT2D eigenvalue weighted by Crippen LogP contribution is -2.12. The lowest BCUT2D eigenvalue weighted by Gasteiger charge is -2.16. The normalized spacial score (nSPS) is 12.5. The van der Waals surface area contributed by atoms with E-state index in [0.717, 1.165) is 34.4 Å². The van der Waals surface area contributed by atoms with Crippen LogP contribution in [0.5, 0.6) is 10.8 Å². The maximum Gasteiger partial charge on any atom is 0.348 e. The largest absolute Gasteiger partial charge is 0.462 e. The molecule has 2 aromatic heterocycles. The standard InChI is InChI=1S/C26H25N3O5S2/c1-4-33-25(30)24-21-14-7-17-15-27-29(3)23(17)22(21)26(35-24)34-19-10-8-18(9-11-19)28-36(31,32)20-12-5-16(2)6-13-20/h5-6,8-13,15,28H,4,7,14H2,1-3H3. The van der Waals surface area contributed by atoms with Gasteiger partial charge in [-0.25, -0.2) is 13.2 Å². The van der Waals surface area contributed by atoms with Gasteiger partial charge in [-0.15, -0.1) is 0 Å². The minimum atomic E-state index is -3.71. The molecule has 186 valence electrons. The summed E-state index contributed by atoms with van der Waals surface area (Å²) in [5.41, 5.74) is 5.19. The van der Waals surface area contributed by atoms with Crippen LogP contribution in [0.15, 0.2) is 59.6 Å². The molecule has 2 aromatic carbocycles. The highest BCUT2D eigenvalue weighted by molar-refractivity contribution is 7.92. The van der Waals surface area contributed by atoms with E-state index >= 15 is 0 Å². The van der Waals surface area contributed by atoms with Gasteiger partial charge in [0.15, 0.2) is 5.06 Å². The molecule has 0 unspecified atom stereocenters. The fraction of sp³-hybridized carbons (Fsp3) is 0.231. The van der Waals surface area contributed by atoms with Gasteiger partial charge in [-0.1, -0.05) is 29.0 Å². The zero-order valence-electron chi connectivity index (χ0n) is 20.1. The molecule has 0 saturated heterocycles. The van der Waals surface area contributed by atoms with E-state index in [1.807, 2.05) is 20.2 Å². The number of ether oxygens (including phenoxy) is 2. The molecule has 1 aliphatic carbocycles. The van der Waals surface area contributed by atoms with Crippen LogP contribution in [0.25, 0.3) is 11.3 Å². The number of carbonyl (C=O) groups is 1. The zero-order valence-corrected chi connectivity index (χ0v) is 21.7. The third-order valence-electron chi connectivity index (χ3n) is 5.98. The SMILES string of the molecule is CCOC(=O)c1sc(Oc2ccc(NS(=O)(=O)c3ccc(C)cc3)cc2)c2c1CCc1cnn(C)c1-2. The number of aromatic nitrogens is 2. The van der Waals surface area contributed by atoms with Crippen LogP contribution in [0.4, 0.5) is 5.69 Å². The van der Waals surface area contributed by atoms with E-state index in [1.54, 1.807) is 60.1 Å². The summed E-state index contributed by atoms with van der Waals surface area (Å²) in [6.07, 6.45) is 3.33. The number of anilines is 1. The minimum Gasteiger partial charge on any atom is -0.462 e. The molecular weight excluding hydrogens is 498 g/mol. The van der Waals surface area contributed by atoms with Gasteiger partial charge in [-0.05, 0) is 74.2 Å². The van der Waals surface area contributed by atoms with Crippen LogP contribution in [0.1, 0.15) is 33.3 Å². The van der Waals surface area contributed by atoms with Crippen molar-refractivity contribution in [2.75, 3.05) is 11.3 Å². The van der Waals surface area contributed by atoms with Crippen LogP contribution in [-0.4, -0.2) is 30.8 Å². The molecule has 0 amide bonds. The van der Waals surface area contributed by atoms with Crippen molar-refractivity contribution in [3.8, 4) is 22.1 Å². The third-order valence-corrected chi connectivity index (χ3v) is 8.47. The summed E-state index contributed by atoms with van der Waals surface area (Å²) >= 11 is 1.26. The smallest absolute Gasteiger partial charge is 0.348 e. The first-order valence-corrected chi connectivity index (χ1v) is 13.8. The van der Waals surface area contributed by atoms with Crippen LogP contribution in [0.2, 0.25) is 0 Å². The first kappa shape index (κ1) is 24.1. The number of esters is 1. The number of carbonyl (C=O) groups excluding carboxylic acids is 1. The highest BCUT2D eigenvalue weighted by Crippen LogP contribution is 2.48. The van der Waals surface area contributed by atoms with E-state index in [2.05, 4.69) is 9.82 Å². The Morgan fingerprint density at radius 3 is 2.53 bits per heavy atom. The summed E-state index contributed by atoms with van der Waals surface area (Å²) in [5.74, 6) is 0.155. The summed E-state index contributed by atoms with van der Waals surface area (Å²) in [7, 11) is -1.84.